The first-order valence-corrected chi connectivity index (χ1v) is 5.33. The highest BCUT2D eigenvalue weighted by Gasteiger charge is 2.09. The van der Waals surface area contributed by atoms with Gasteiger partial charge in [0.05, 0.1) is 5.02 Å². The Labute approximate surface area is 97.7 Å². The van der Waals surface area contributed by atoms with Crippen LogP contribution in [-0.2, 0) is 6.42 Å². The summed E-state index contributed by atoms with van der Waals surface area (Å²) >= 11 is 11.9. The molecule has 0 atom stereocenters. The number of hydrogen-bond donors (Lipinski definition) is 0. The van der Waals surface area contributed by atoms with Gasteiger partial charge in [0.1, 0.15) is 0 Å². The molecule has 0 amide bonds. The van der Waals surface area contributed by atoms with Gasteiger partial charge in [0.15, 0.2) is 11.0 Å². The second-order valence-electron chi connectivity index (χ2n) is 3.05. The van der Waals surface area contributed by atoms with E-state index in [-0.39, 0.29) is 0 Å². The molecule has 0 aliphatic heterocycles. The summed E-state index contributed by atoms with van der Waals surface area (Å²) in [5, 5.41) is 5.20. The summed E-state index contributed by atoms with van der Waals surface area (Å²) in [5.74, 6) is 0.598. The van der Waals surface area contributed by atoms with Crippen LogP contribution in [0.1, 0.15) is 12.5 Å². The van der Waals surface area contributed by atoms with E-state index in [9.17, 15) is 0 Å². The molecular formula is C10H9Cl2N3. The van der Waals surface area contributed by atoms with E-state index in [2.05, 4.69) is 10.1 Å². The zero-order valence-corrected chi connectivity index (χ0v) is 9.63. The van der Waals surface area contributed by atoms with Crippen molar-refractivity contribution < 1.29 is 0 Å². The van der Waals surface area contributed by atoms with Crippen LogP contribution in [0.15, 0.2) is 24.5 Å². The topological polar surface area (TPSA) is 30.7 Å². The fourth-order valence-electron chi connectivity index (χ4n) is 1.28. The van der Waals surface area contributed by atoms with Crippen LogP contribution in [0.25, 0.3) is 5.82 Å². The first-order valence-electron chi connectivity index (χ1n) is 4.57. The van der Waals surface area contributed by atoms with E-state index in [1.165, 1.54) is 0 Å². The zero-order valence-electron chi connectivity index (χ0n) is 8.11. The maximum atomic E-state index is 6.00. The maximum Gasteiger partial charge on any atom is 0.172 e. The minimum atomic E-state index is 0.499. The molecule has 0 unspecified atom stereocenters. The van der Waals surface area contributed by atoms with Gasteiger partial charge in [-0.3, -0.25) is 0 Å². The number of pyridine rings is 1. The Morgan fingerprint density at radius 1 is 1.40 bits per heavy atom. The summed E-state index contributed by atoms with van der Waals surface area (Å²) in [5.41, 5.74) is 0.985. The Balaban J connectivity index is 2.50. The molecule has 0 aliphatic rings. The van der Waals surface area contributed by atoms with E-state index < -0.39 is 0 Å². The van der Waals surface area contributed by atoms with Gasteiger partial charge in [-0.2, -0.15) is 5.10 Å². The number of rotatable bonds is 2. The SMILES string of the molecule is CCc1cn(-c2ncccc2Cl)nc1Cl. The van der Waals surface area contributed by atoms with Crippen molar-refractivity contribution >= 4 is 23.2 Å². The lowest BCUT2D eigenvalue weighted by atomic mass is 10.3. The van der Waals surface area contributed by atoms with Gasteiger partial charge < -0.3 is 0 Å². The Bertz CT molecular complexity index is 479. The zero-order chi connectivity index (χ0) is 10.8. The van der Waals surface area contributed by atoms with Crippen molar-refractivity contribution in [2.75, 3.05) is 0 Å². The van der Waals surface area contributed by atoms with Crippen LogP contribution in [0, 0.1) is 0 Å². The summed E-state index contributed by atoms with van der Waals surface area (Å²) in [7, 11) is 0. The molecule has 0 saturated carbocycles. The molecule has 2 aromatic rings. The highest BCUT2D eigenvalue weighted by atomic mass is 35.5. The Hall–Kier alpha value is -1.06. The summed E-state index contributed by atoms with van der Waals surface area (Å²) in [6, 6.07) is 3.54. The van der Waals surface area contributed by atoms with Crippen molar-refractivity contribution in [1.29, 1.82) is 0 Å². The third-order valence-electron chi connectivity index (χ3n) is 2.08. The normalized spacial score (nSPS) is 10.6. The van der Waals surface area contributed by atoms with Gasteiger partial charge in [0.2, 0.25) is 0 Å². The number of halogens is 2. The molecule has 2 rings (SSSR count). The van der Waals surface area contributed by atoms with Crippen LogP contribution in [0.2, 0.25) is 10.2 Å². The molecule has 78 valence electrons. The first kappa shape index (κ1) is 10.5. The summed E-state index contributed by atoms with van der Waals surface area (Å²) in [6.07, 6.45) is 4.35. The predicted octanol–water partition coefficient (Wildman–Crippen LogP) is 3.14. The summed E-state index contributed by atoms with van der Waals surface area (Å²) in [4.78, 5) is 4.15. The number of hydrogen-bond acceptors (Lipinski definition) is 2. The van der Waals surface area contributed by atoms with Crippen LogP contribution < -0.4 is 0 Å². The van der Waals surface area contributed by atoms with E-state index in [4.69, 9.17) is 23.2 Å². The third-order valence-corrected chi connectivity index (χ3v) is 2.69. The lowest BCUT2D eigenvalue weighted by Crippen LogP contribution is -1.98. The third kappa shape index (κ3) is 1.98. The minimum absolute atomic E-state index is 0.499. The molecule has 0 spiro atoms. The van der Waals surface area contributed by atoms with Crippen LogP contribution >= 0.6 is 23.2 Å². The first-order chi connectivity index (χ1) is 7.22. The summed E-state index contributed by atoms with van der Waals surface area (Å²) in [6.45, 7) is 2.02. The highest BCUT2D eigenvalue weighted by Crippen LogP contribution is 2.20. The van der Waals surface area contributed by atoms with E-state index in [1.54, 1.807) is 23.0 Å². The average Bonchev–Trinajstić information content (AvgIpc) is 2.60. The number of aryl methyl sites for hydroxylation is 1. The minimum Gasteiger partial charge on any atom is -0.236 e. The van der Waals surface area contributed by atoms with E-state index in [0.717, 1.165) is 12.0 Å². The molecule has 0 fully saturated rings. The molecule has 2 heterocycles. The second-order valence-corrected chi connectivity index (χ2v) is 3.82. The molecule has 15 heavy (non-hydrogen) atoms. The second kappa shape index (κ2) is 4.21. The monoisotopic (exact) mass is 241 g/mol. The van der Waals surface area contributed by atoms with Gasteiger partial charge >= 0.3 is 0 Å². The molecule has 0 saturated heterocycles. The number of nitrogens with zero attached hydrogens (tertiary/aromatic N) is 3. The average molecular weight is 242 g/mol. The Kier molecular flexibility index (Phi) is 2.93. The van der Waals surface area contributed by atoms with Crippen LogP contribution in [0.3, 0.4) is 0 Å². The van der Waals surface area contributed by atoms with Crippen LogP contribution in [-0.4, -0.2) is 14.8 Å². The molecule has 0 aliphatic carbocycles. The lowest BCUT2D eigenvalue weighted by Gasteiger charge is -2.00. The van der Waals surface area contributed by atoms with Crippen molar-refractivity contribution in [3.05, 3.63) is 40.3 Å². The quantitative estimate of drug-likeness (QED) is 0.809. The Morgan fingerprint density at radius 2 is 2.20 bits per heavy atom. The highest BCUT2D eigenvalue weighted by molar-refractivity contribution is 6.32. The van der Waals surface area contributed by atoms with Gasteiger partial charge in [0, 0.05) is 18.0 Å². The van der Waals surface area contributed by atoms with E-state index in [1.807, 2.05) is 13.1 Å². The molecule has 2 aromatic heterocycles. The van der Waals surface area contributed by atoms with Crippen molar-refractivity contribution in [3.63, 3.8) is 0 Å². The standard InChI is InChI=1S/C10H9Cl2N3/c1-2-7-6-15(14-9(7)12)10-8(11)4-3-5-13-10/h3-6H,2H2,1H3. The van der Waals surface area contributed by atoms with Crippen molar-refractivity contribution in [2.24, 2.45) is 0 Å². The molecule has 5 heteroatoms. The van der Waals surface area contributed by atoms with Crippen LogP contribution in [0.5, 0.6) is 0 Å². The maximum absolute atomic E-state index is 6.00. The van der Waals surface area contributed by atoms with Crippen molar-refractivity contribution in [1.82, 2.24) is 14.8 Å². The van der Waals surface area contributed by atoms with Gasteiger partial charge in [0.25, 0.3) is 0 Å². The summed E-state index contributed by atoms with van der Waals surface area (Å²) < 4.78 is 1.60. The van der Waals surface area contributed by atoms with E-state index >= 15 is 0 Å². The molecule has 3 nitrogen and oxygen atoms in total. The van der Waals surface area contributed by atoms with Gasteiger partial charge in [-0.1, -0.05) is 30.1 Å². The predicted molar refractivity (Wildman–Crippen MR) is 60.8 cm³/mol. The van der Waals surface area contributed by atoms with Gasteiger partial charge in [-0.05, 0) is 18.6 Å². The largest absolute Gasteiger partial charge is 0.236 e. The Morgan fingerprint density at radius 3 is 2.80 bits per heavy atom. The molecule has 0 bridgehead atoms. The number of aromatic nitrogens is 3. The molecular weight excluding hydrogens is 233 g/mol. The van der Waals surface area contributed by atoms with Crippen molar-refractivity contribution in [3.8, 4) is 5.82 Å². The van der Waals surface area contributed by atoms with Gasteiger partial charge in [-0.25, -0.2) is 9.67 Å². The fourth-order valence-corrected chi connectivity index (χ4v) is 1.75. The van der Waals surface area contributed by atoms with Crippen LogP contribution in [0.4, 0.5) is 0 Å². The fraction of sp³-hybridized carbons (Fsp3) is 0.200. The van der Waals surface area contributed by atoms with E-state index in [0.29, 0.717) is 16.0 Å². The smallest absolute Gasteiger partial charge is 0.172 e. The lowest BCUT2D eigenvalue weighted by molar-refractivity contribution is 0.847. The van der Waals surface area contributed by atoms with Crippen molar-refractivity contribution in [2.45, 2.75) is 13.3 Å². The molecule has 0 N–H and O–H groups in total. The molecule has 0 aromatic carbocycles. The van der Waals surface area contributed by atoms with Gasteiger partial charge in [-0.15, -0.1) is 0 Å². The molecule has 0 radical (unpaired) electrons.